The van der Waals surface area contributed by atoms with Crippen LogP contribution in [0.5, 0.6) is 0 Å². The van der Waals surface area contributed by atoms with E-state index >= 15 is 0 Å². The van der Waals surface area contributed by atoms with Crippen LogP contribution in [-0.2, 0) is 31.2 Å². The van der Waals surface area contributed by atoms with Gasteiger partial charge in [-0.1, -0.05) is 30.3 Å². The summed E-state index contributed by atoms with van der Waals surface area (Å²) in [7, 11) is 1.66. The molecule has 1 aromatic rings. The molecule has 1 fully saturated rings. The van der Waals surface area contributed by atoms with Crippen LogP contribution in [0.25, 0.3) is 0 Å². The number of hydrogen-bond donors (Lipinski definition) is 0. The van der Waals surface area contributed by atoms with Gasteiger partial charge in [-0.15, -0.1) is 0 Å². The number of likely N-dealkylation sites (tertiary alicyclic amines) is 1. The average molecular weight is 368 g/mol. The summed E-state index contributed by atoms with van der Waals surface area (Å²) in [4.78, 5) is 18.9. The largest absolute Gasteiger partial charge is 0.447 e. The Hall–Kier alpha value is -2.18. The molecule has 0 N–H and O–H groups in total. The monoisotopic (exact) mass is 368 g/mol. The van der Waals surface area contributed by atoms with Gasteiger partial charge in [0.05, 0.1) is 18.8 Å². The lowest BCUT2D eigenvalue weighted by atomic mass is 9.84. The van der Waals surface area contributed by atoms with Gasteiger partial charge < -0.3 is 19.1 Å². The second-order valence-corrected chi connectivity index (χ2v) is 7.90. The number of fused-ring (bicyclic) bond motifs is 2. The number of hydrogen-bond acceptors (Lipinski definition) is 5. The summed E-state index contributed by atoms with van der Waals surface area (Å²) in [5, 5.41) is 0. The van der Waals surface area contributed by atoms with Crippen molar-refractivity contribution in [2.24, 2.45) is 4.99 Å². The van der Waals surface area contributed by atoms with Gasteiger partial charge in [0.15, 0.2) is 5.60 Å². The van der Waals surface area contributed by atoms with E-state index in [4.69, 9.17) is 14.2 Å². The summed E-state index contributed by atoms with van der Waals surface area (Å²) in [5.41, 5.74) is 2.67. The van der Waals surface area contributed by atoms with Crippen molar-refractivity contribution < 1.29 is 19.0 Å². The highest BCUT2D eigenvalue weighted by molar-refractivity contribution is 6.02. The fourth-order valence-electron chi connectivity index (χ4n) is 4.78. The van der Waals surface area contributed by atoms with Gasteiger partial charge in [0.2, 0.25) is 0 Å². The highest BCUT2D eigenvalue weighted by atomic mass is 16.5. The molecule has 1 aromatic carbocycles. The van der Waals surface area contributed by atoms with E-state index in [1.54, 1.807) is 7.11 Å². The molecule has 0 aromatic heterocycles. The zero-order valence-corrected chi connectivity index (χ0v) is 15.6. The summed E-state index contributed by atoms with van der Waals surface area (Å²) in [5.74, 6) is -0.164. The molecule has 0 saturated carbocycles. The molecule has 1 atom stereocenters. The molecule has 0 radical (unpaired) electrons. The van der Waals surface area contributed by atoms with Crippen LogP contribution in [0.2, 0.25) is 0 Å². The number of methoxy groups -OCH3 is 1. The minimum atomic E-state index is -0.839. The van der Waals surface area contributed by atoms with Gasteiger partial charge in [0, 0.05) is 33.0 Å². The van der Waals surface area contributed by atoms with E-state index in [2.05, 4.69) is 34.2 Å². The third-order valence-electron chi connectivity index (χ3n) is 6.29. The number of rotatable bonds is 2. The standard InChI is InChI=1S/C21H24N2O4/c1-25-13-15-6-7-21(12-15)18(24)22-19(27-21)23-10-8-20(9-11-23)17-5-3-2-4-16(17)14-26-20/h2-6H,7-14H2,1H3. The number of carbonyl (C=O) groups excluding carboxylic acids is 1. The fraction of sp³-hybridized carbons (Fsp3) is 0.524. The Bertz CT molecular complexity index is 838. The molecule has 3 heterocycles. The van der Waals surface area contributed by atoms with Gasteiger partial charge >= 0.3 is 0 Å². The minimum Gasteiger partial charge on any atom is -0.447 e. The summed E-state index contributed by atoms with van der Waals surface area (Å²) in [6.07, 6.45) is 4.95. The number of aliphatic imine (C=N–C) groups is 1. The maximum absolute atomic E-state index is 12.6. The molecule has 1 amide bonds. The van der Waals surface area contributed by atoms with Crippen LogP contribution < -0.4 is 0 Å². The molecule has 2 spiro atoms. The molecule has 27 heavy (non-hydrogen) atoms. The fourth-order valence-corrected chi connectivity index (χ4v) is 4.78. The maximum Gasteiger partial charge on any atom is 0.296 e. The summed E-state index contributed by atoms with van der Waals surface area (Å²) >= 11 is 0. The maximum atomic E-state index is 12.6. The van der Waals surface area contributed by atoms with Crippen LogP contribution >= 0.6 is 0 Å². The van der Waals surface area contributed by atoms with E-state index < -0.39 is 5.60 Å². The molecule has 5 rings (SSSR count). The van der Waals surface area contributed by atoms with Crippen molar-refractivity contribution in [1.82, 2.24) is 4.90 Å². The minimum absolute atomic E-state index is 0.164. The van der Waals surface area contributed by atoms with Crippen LogP contribution in [0.3, 0.4) is 0 Å². The number of carbonyl (C=O) groups is 1. The third-order valence-corrected chi connectivity index (χ3v) is 6.29. The van der Waals surface area contributed by atoms with Crippen molar-refractivity contribution in [2.75, 3.05) is 26.8 Å². The molecule has 1 saturated heterocycles. The smallest absolute Gasteiger partial charge is 0.296 e. The molecule has 4 aliphatic rings. The number of amidine groups is 1. The van der Waals surface area contributed by atoms with E-state index in [0.29, 0.717) is 32.1 Å². The van der Waals surface area contributed by atoms with E-state index in [1.807, 2.05) is 6.08 Å². The lowest BCUT2D eigenvalue weighted by molar-refractivity contribution is -0.130. The highest BCUT2D eigenvalue weighted by Crippen LogP contribution is 2.45. The number of amides is 1. The van der Waals surface area contributed by atoms with E-state index in [1.165, 1.54) is 11.1 Å². The van der Waals surface area contributed by atoms with Crippen molar-refractivity contribution in [3.8, 4) is 0 Å². The van der Waals surface area contributed by atoms with Crippen LogP contribution in [0.1, 0.15) is 36.8 Å². The van der Waals surface area contributed by atoms with E-state index in [0.717, 1.165) is 31.5 Å². The third kappa shape index (κ3) is 2.62. The quantitative estimate of drug-likeness (QED) is 0.751. The number of nitrogens with zero attached hydrogens (tertiary/aromatic N) is 2. The SMILES string of the molecule is COCC1=CCC2(C1)OC(N1CCC3(CC1)OCc1ccccc13)=NC2=O. The molecule has 6 nitrogen and oxygen atoms in total. The summed E-state index contributed by atoms with van der Waals surface area (Å²) < 4.78 is 17.6. The van der Waals surface area contributed by atoms with Gasteiger partial charge in [0.25, 0.3) is 11.9 Å². The molecular weight excluding hydrogens is 344 g/mol. The zero-order valence-electron chi connectivity index (χ0n) is 15.6. The Labute approximate surface area is 158 Å². The van der Waals surface area contributed by atoms with Gasteiger partial charge in [-0.2, -0.15) is 4.99 Å². The molecule has 0 bridgehead atoms. The Morgan fingerprint density at radius 3 is 2.85 bits per heavy atom. The molecule has 142 valence electrons. The molecule has 1 unspecified atom stereocenters. The van der Waals surface area contributed by atoms with E-state index in [-0.39, 0.29) is 11.5 Å². The molecular formula is C21H24N2O4. The zero-order chi connectivity index (χ0) is 18.5. The molecule has 1 aliphatic carbocycles. The first-order valence-corrected chi connectivity index (χ1v) is 9.60. The van der Waals surface area contributed by atoms with Gasteiger partial charge in [-0.05, 0) is 29.5 Å². The number of benzene rings is 1. The topological polar surface area (TPSA) is 60.4 Å². The number of ether oxygens (including phenoxy) is 3. The van der Waals surface area contributed by atoms with Crippen molar-refractivity contribution in [2.45, 2.75) is 43.5 Å². The molecule has 6 heteroatoms. The average Bonchev–Trinajstić information content (AvgIpc) is 3.35. The highest BCUT2D eigenvalue weighted by Gasteiger charge is 2.51. The van der Waals surface area contributed by atoms with Crippen molar-refractivity contribution in [1.29, 1.82) is 0 Å². The van der Waals surface area contributed by atoms with E-state index in [9.17, 15) is 4.79 Å². The predicted molar refractivity (Wildman–Crippen MR) is 99.2 cm³/mol. The Balaban J connectivity index is 1.27. The van der Waals surface area contributed by atoms with Crippen LogP contribution in [-0.4, -0.2) is 49.2 Å². The van der Waals surface area contributed by atoms with Crippen molar-refractivity contribution in [3.05, 3.63) is 47.0 Å². The van der Waals surface area contributed by atoms with Crippen LogP contribution in [0.4, 0.5) is 0 Å². The van der Waals surface area contributed by atoms with Crippen LogP contribution in [0.15, 0.2) is 40.9 Å². The predicted octanol–water partition coefficient (Wildman–Crippen LogP) is 2.53. The Kier molecular flexibility index (Phi) is 3.88. The Morgan fingerprint density at radius 1 is 1.22 bits per heavy atom. The normalized spacial score (nSPS) is 28.5. The van der Waals surface area contributed by atoms with Gasteiger partial charge in [-0.3, -0.25) is 4.79 Å². The van der Waals surface area contributed by atoms with Gasteiger partial charge in [0.1, 0.15) is 0 Å². The lowest BCUT2D eigenvalue weighted by Crippen LogP contribution is -2.46. The summed E-state index contributed by atoms with van der Waals surface area (Å²) in [6.45, 7) is 2.77. The first kappa shape index (κ1) is 17.0. The second-order valence-electron chi connectivity index (χ2n) is 7.90. The van der Waals surface area contributed by atoms with Crippen LogP contribution in [0, 0.1) is 0 Å². The first-order chi connectivity index (χ1) is 13.1. The van der Waals surface area contributed by atoms with Crippen molar-refractivity contribution >= 4 is 11.9 Å². The lowest BCUT2D eigenvalue weighted by Gasteiger charge is -2.39. The number of piperidine rings is 1. The Morgan fingerprint density at radius 2 is 2.04 bits per heavy atom. The first-order valence-electron chi connectivity index (χ1n) is 9.60. The summed E-state index contributed by atoms with van der Waals surface area (Å²) in [6, 6.07) is 8.96. The molecule has 3 aliphatic heterocycles. The van der Waals surface area contributed by atoms with Gasteiger partial charge in [-0.25, -0.2) is 0 Å². The second kappa shape index (κ2) is 6.17. The van der Waals surface area contributed by atoms with Crippen molar-refractivity contribution in [3.63, 3.8) is 0 Å².